The number of carbonyl (C=O) groups excluding carboxylic acids is 2. The standard InChI is InChI=1S/C21H31N3O2/c1-3-22-11-13-24(14-12-22)21(26)19-7-9-23(10-8-19)20(25)16-18-6-4-5-17(2)15-18/h4-6,15,19H,3,7-14,16H2,1-2H3. The first-order valence-electron chi connectivity index (χ1n) is 9.91. The molecule has 3 rings (SSSR count). The Labute approximate surface area is 156 Å². The van der Waals surface area contributed by atoms with Crippen molar-refractivity contribution in [3.63, 3.8) is 0 Å². The van der Waals surface area contributed by atoms with E-state index in [1.807, 2.05) is 34.9 Å². The van der Waals surface area contributed by atoms with E-state index in [9.17, 15) is 9.59 Å². The van der Waals surface area contributed by atoms with Gasteiger partial charge in [0, 0.05) is 45.2 Å². The minimum Gasteiger partial charge on any atom is -0.342 e. The Morgan fingerprint density at radius 1 is 1.00 bits per heavy atom. The molecule has 2 fully saturated rings. The highest BCUT2D eigenvalue weighted by atomic mass is 16.2. The zero-order valence-electron chi connectivity index (χ0n) is 16.1. The molecule has 2 amide bonds. The number of hydrogen-bond donors (Lipinski definition) is 0. The van der Waals surface area contributed by atoms with E-state index in [2.05, 4.69) is 17.9 Å². The summed E-state index contributed by atoms with van der Waals surface area (Å²) in [5, 5.41) is 0. The van der Waals surface area contributed by atoms with Crippen LogP contribution in [0.15, 0.2) is 24.3 Å². The number of piperidine rings is 1. The average molecular weight is 357 g/mol. The molecule has 2 aliphatic rings. The third-order valence-corrected chi connectivity index (χ3v) is 5.77. The van der Waals surface area contributed by atoms with Gasteiger partial charge in [0.25, 0.3) is 0 Å². The van der Waals surface area contributed by atoms with Gasteiger partial charge in [0.15, 0.2) is 0 Å². The van der Waals surface area contributed by atoms with Crippen molar-refractivity contribution in [2.24, 2.45) is 5.92 Å². The molecule has 0 aliphatic carbocycles. The lowest BCUT2D eigenvalue weighted by Gasteiger charge is -2.38. The fourth-order valence-corrected chi connectivity index (χ4v) is 4.03. The van der Waals surface area contributed by atoms with Gasteiger partial charge in [-0.3, -0.25) is 9.59 Å². The van der Waals surface area contributed by atoms with Gasteiger partial charge < -0.3 is 14.7 Å². The van der Waals surface area contributed by atoms with Crippen molar-refractivity contribution in [1.29, 1.82) is 0 Å². The summed E-state index contributed by atoms with van der Waals surface area (Å²) in [6.07, 6.45) is 2.05. The first kappa shape index (κ1) is 18.9. The SMILES string of the molecule is CCN1CCN(C(=O)C2CCN(C(=O)Cc3cccc(C)c3)CC2)CC1. The van der Waals surface area contributed by atoms with Gasteiger partial charge in [-0.1, -0.05) is 36.8 Å². The van der Waals surface area contributed by atoms with Crippen LogP contribution in [0.25, 0.3) is 0 Å². The number of piperazine rings is 1. The van der Waals surface area contributed by atoms with E-state index in [0.29, 0.717) is 25.4 Å². The molecule has 26 heavy (non-hydrogen) atoms. The number of benzene rings is 1. The van der Waals surface area contributed by atoms with Gasteiger partial charge in [-0.05, 0) is 31.9 Å². The number of carbonyl (C=O) groups is 2. The summed E-state index contributed by atoms with van der Waals surface area (Å²) in [7, 11) is 0. The molecular formula is C21H31N3O2. The predicted molar refractivity (Wildman–Crippen MR) is 103 cm³/mol. The third-order valence-electron chi connectivity index (χ3n) is 5.77. The second kappa shape index (κ2) is 8.67. The van der Waals surface area contributed by atoms with Crippen molar-refractivity contribution in [3.8, 4) is 0 Å². The summed E-state index contributed by atoms with van der Waals surface area (Å²) in [5.41, 5.74) is 2.25. The number of aryl methyl sites for hydroxylation is 1. The average Bonchev–Trinajstić information content (AvgIpc) is 2.67. The maximum Gasteiger partial charge on any atom is 0.226 e. The predicted octanol–water partition coefficient (Wildman–Crippen LogP) is 1.94. The minimum atomic E-state index is 0.0891. The molecule has 0 saturated carbocycles. The Kier molecular flexibility index (Phi) is 6.30. The third kappa shape index (κ3) is 4.64. The van der Waals surface area contributed by atoms with Crippen LogP contribution in [0.2, 0.25) is 0 Å². The van der Waals surface area contributed by atoms with Crippen molar-refractivity contribution in [2.75, 3.05) is 45.8 Å². The molecule has 2 aliphatic heterocycles. The highest BCUT2D eigenvalue weighted by molar-refractivity contribution is 5.81. The molecular weight excluding hydrogens is 326 g/mol. The fourth-order valence-electron chi connectivity index (χ4n) is 4.03. The Hall–Kier alpha value is -1.88. The van der Waals surface area contributed by atoms with Crippen LogP contribution in [-0.2, 0) is 16.0 Å². The lowest BCUT2D eigenvalue weighted by molar-refractivity contribution is -0.141. The molecule has 1 aromatic rings. The molecule has 0 spiro atoms. The Bertz CT molecular complexity index is 630. The number of amides is 2. The maximum atomic E-state index is 12.8. The number of likely N-dealkylation sites (N-methyl/N-ethyl adjacent to an activating group) is 1. The Morgan fingerprint density at radius 3 is 2.31 bits per heavy atom. The van der Waals surface area contributed by atoms with Gasteiger partial charge in [-0.25, -0.2) is 0 Å². The Morgan fingerprint density at radius 2 is 1.69 bits per heavy atom. The van der Waals surface area contributed by atoms with Crippen molar-refractivity contribution in [2.45, 2.75) is 33.1 Å². The van der Waals surface area contributed by atoms with Crippen LogP contribution in [0.1, 0.15) is 30.9 Å². The molecule has 0 atom stereocenters. The number of likely N-dealkylation sites (tertiary alicyclic amines) is 1. The summed E-state index contributed by atoms with van der Waals surface area (Å²) >= 11 is 0. The van der Waals surface area contributed by atoms with Gasteiger partial charge in [0.1, 0.15) is 0 Å². The van der Waals surface area contributed by atoms with Gasteiger partial charge in [0.2, 0.25) is 11.8 Å². The minimum absolute atomic E-state index is 0.0891. The van der Waals surface area contributed by atoms with Crippen LogP contribution in [-0.4, -0.2) is 72.3 Å². The van der Waals surface area contributed by atoms with E-state index in [4.69, 9.17) is 0 Å². The zero-order valence-corrected chi connectivity index (χ0v) is 16.1. The molecule has 0 unspecified atom stereocenters. The van der Waals surface area contributed by atoms with Crippen molar-refractivity contribution >= 4 is 11.8 Å². The van der Waals surface area contributed by atoms with Crippen LogP contribution in [0.3, 0.4) is 0 Å². The van der Waals surface area contributed by atoms with Crippen LogP contribution < -0.4 is 0 Å². The lowest BCUT2D eigenvalue weighted by Crippen LogP contribution is -2.51. The molecule has 0 N–H and O–H groups in total. The van der Waals surface area contributed by atoms with Gasteiger partial charge in [0.05, 0.1) is 6.42 Å². The topological polar surface area (TPSA) is 43.9 Å². The summed E-state index contributed by atoms with van der Waals surface area (Å²) in [6, 6.07) is 8.13. The number of rotatable bonds is 4. The molecule has 2 heterocycles. The number of hydrogen-bond acceptors (Lipinski definition) is 3. The summed E-state index contributed by atoms with van der Waals surface area (Å²) in [5.74, 6) is 0.566. The molecule has 1 aromatic carbocycles. The van der Waals surface area contributed by atoms with Crippen molar-refractivity contribution < 1.29 is 9.59 Å². The van der Waals surface area contributed by atoms with Crippen LogP contribution >= 0.6 is 0 Å². The van der Waals surface area contributed by atoms with Crippen LogP contribution in [0.4, 0.5) is 0 Å². The molecule has 5 heteroatoms. The smallest absolute Gasteiger partial charge is 0.226 e. The van der Waals surface area contributed by atoms with Crippen LogP contribution in [0, 0.1) is 12.8 Å². The lowest BCUT2D eigenvalue weighted by atomic mass is 9.94. The van der Waals surface area contributed by atoms with Crippen molar-refractivity contribution in [3.05, 3.63) is 35.4 Å². The molecule has 0 bridgehead atoms. The normalized spacial score (nSPS) is 19.6. The molecule has 142 valence electrons. The second-order valence-corrected chi connectivity index (χ2v) is 7.58. The van der Waals surface area contributed by atoms with E-state index < -0.39 is 0 Å². The van der Waals surface area contributed by atoms with E-state index >= 15 is 0 Å². The summed E-state index contributed by atoms with van der Waals surface area (Å²) < 4.78 is 0. The molecule has 5 nitrogen and oxygen atoms in total. The summed E-state index contributed by atoms with van der Waals surface area (Å²) in [4.78, 5) is 31.7. The Balaban J connectivity index is 1.46. The van der Waals surface area contributed by atoms with E-state index in [-0.39, 0.29) is 11.8 Å². The maximum absolute atomic E-state index is 12.8. The van der Waals surface area contributed by atoms with Crippen LogP contribution in [0.5, 0.6) is 0 Å². The highest BCUT2D eigenvalue weighted by Crippen LogP contribution is 2.21. The number of nitrogens with zero attached hydrogens (tertiary/aromatic N) is 3. The van der Waals surface area contributed by atoms with Crippen molar-refractivity contribution in [1.82, 2.24) is 14.7 Å². The monoisotopic (exact) mass is 357 g/mol. The van der Waals surface area contributed by atoms with E-state index in [0.717, 1.165) is 51.1 Å². The molecule has 2 saturated heterocycles. The molecule has 0 radical (unpaired) electrons. The van der Waals surface area contributed by atoms with Gasteiger partial charge >= 0.3 is 0 Å². The second-order valence-electron chi connectivity index (χ2n) is 7.58. The largest absolute Gasteiger partial charge is 0.342 e. The zero-order chi connectivity index (χ0) is 18.5. The van der Waals surface area contributed by atoms with E-state index in [1.54, 1.807) is 0 Å². The first-order valence-corrected chi connectivity index (χ1v) is 9.91. The van der Waals surface area contributed by atoms with Gasteiger partial charge in [-0.15, -0.1) is 0 Å². The van der Waals surface area contributed by atoms with E-state index in [1.165, 1.54) is 5.56 Å². The molecule has 0 aromatic heterocycles. The highest BCUT2D eigenvalue weighted by Gasteiger charge is 2.31. The van der Waals surface area contributed by atoms with Gasteiger partial charge in [-0.2, -0.15) is 0 Å². The fraction of sp³-hybridized carbons (Fsp3) is 0.619. The summed E-state index contributed by atoms with van der Waals surface area (Å²) in [6.45, 7) is 10.3. The first-order chi connectivity index (χ1) is 12.6. The quantitative estimate of drug-likeness (QED) is 0.827.